The molecule has 0 aliphatic heterocycles. The lowest BCUT2D eigenvalue weighted by Gasteiger charge is -2.30. The van der Waals surface area contributed by atoms with E-state index in [1.54, 1.807) is 18.2 Å². The third-order valence-corrected chi connectivity index (χ3v) is 4.08. The van der Waals surface area contributed by atoms with E-state index in [-0.39, 0.29) is 0 Å². The number of H-pyrrole nitrogens is 1. The summed E-state index contributed by atoms with van der Waals surface area (Å²) in [6.45, 7) is 3.85. The van der Waals surface area contributed by atoms with Gasteiger partial charge in [-0.15, -0.1) is 0 Å². The fourth-order valence-corrected chi connectivity index (χ4v) is 2.96. The first-order valence-corrected chi connectivity index (χ1v) is 7.91. The van der Waals surface area contributed by atoms with E-state index < -0.39 is 6.04 Å². The first-order chi connectivity index (χ1) is 12.2. The van der Waals surface area contributed by atoms with Crippen LogP contribution in [-0.2, 0) is 0 Å². The predicted molar refractivity (Wildman–Crippen MR) is 96.2 cm³/mol. The Morgan fingerprint density at radius 2 is 1.80 bits per heavy atom. The molecular weight excluding hydrogens is 310 g/mol. The van der Waals surface area contributed by atoms with E-state index in [0.717, 1.165) is 28.3 Å². The number of hydrogen-bond donors (Lipinski definition) is 1. The third-order valence-electron chi connectivity index (χ3n) is 4.08. The first kappa shape index (κ1) is 16.3. The molecule has 0 fully saturated rings. The minimum absolute atomic E-state index is 0.534. The molecule has 0 spiro atoms. The van der Waals surface area contributed by atoms with Gasteiger partial charge in [-0.3, -0.25) is 5.10 Å². The van der Waals surface area contributed by atoms with Crippen LogP contribution in [0.3, 0.4) is 0 Å². The maximum absolute atomic E-state index is 9.95. The van der Waals surface area contributed by atoms with Crippen molar-refractivity contribution in [1.29, 1.82) is 10.5 Å². The molecule has 5 nitrogen and oxygen atoms in total. The number of anilines is 2. The Bertz CT molecular complexity index is 940. The van der Waals surface area contributed by atoms with E-state index in [4.69, 9.17) is 0 Å². The Kier molecular flexibility index (Phi) is 4.50. The van der Waals surface area contributed by atoms with E-state index in [1.807, 2.05) is 55.1 Å². The lowest BCUT2D eigenvalue weighted by Crippen LogP contribution is -2.23. The Balaban J connectivity index is 2.20. The highest BCUT2D eigenvalue weighted by atomic mass is 15.2. The number of aryl methyl sites for hydroxylation is 2. The van der Waals surface area contributed by atoms with Crippen molar-refractivity contribution in [3.8, 4) is 12.1 Å². The molecule has 0 amide bonds. The maximum atomic E-state index is 9.95. The van der Waals surface area contributed by atoms with Gasteiger partial charge in [-0.05, 0) is 43.7 Å². The summed E-state index contributed by atoms with van der Waals surface area (Å²) in [5.74, 6) is 0. The number of nitriles is 2. The molecule has 1 heterocycles. The number of aromatic amines is 1. The predicted octanol–water partition coefficient (Wildman–Crippen LogP) is 4.30. The fourth-order valence-electron chi connectivity index (χ4n) is 2.96. The molecule has 0 saturated carbocycles. The lowest BCUT2D eigenvalue weighted by atomic mass is 10.0. The Hall–Kier alpha value is -3.57. The standard InChI is InChI=1S/C20H17N5/c1-14-20(15(2)24-23-14)25(18-9-4-3-5-10-18)19(13-22)17-8-6-7-16(11-17)12-21/h3-11,19H,1-2H3,(H,23,24). The highest BCUT2D eigenvalue weighted by Crippen LogP contribution is 2.37. The number of rotatable bonds is 4. The van der Waals surface area contributed by atoms with E-state index >= 15 is 0 Å². The molecule has 122 valence electrons. The minimum atomic E-state index is -0.578. The smallest absolute Gasteiger partial charge is 0.147 e. The molecule has 0 aliphatic rings. The quantitative estimate of drug-likeness (QED) is 0.774. The molecule has 3 rings (SSSR count). The average Bonchev–Trinajstić information content (AvgIpc) is 2.98. The van der Waals surface area contributed by atoms with Crippen molar-refractivity contribution >= 4 is 11.4 Å². The molecule has 2 aromatic carbocycles. The van der Waals surface area contributed by atoms with Gasteiger partial charge in [0.05, 0.1) is 34.8 Å². The molecule has 1 N–H and O–H groups in total. The summed E-state index contributed by atoms with van der Waals surface area (Å²) in [5.41, 5.74) is 4.78. The minimum Gasteiger partial charge on any atom is -0.318 e. The molecule has 3 aromatic rings. The number of nitrogens with one attached hydrogen (secondary N) is 1. The molecule has 0 saturated heterocycles. The summed E-state index contributed by atoms with van der Waals surface area (Å²) < 4.78 is 0. The average molecular weight is 327 g/mol. The van der Waals surface area contributed by atoms with Gasteiger partial charge in [0.25, 0.3) is 0 Å². The number of nitrogens with zero attached hydrogens (tertiary/aromatic N) is 4. The first-order valence-electron chi connectivity index (χ1n) is 7.91. The van der Waals surface area contributed by atoms with Crippen molar-refractivity contribution in [1.82, 2.24) is 10.2 Å². The topological polar surface area (TPSA) is 79.5 Å². The van der Waals surface area contributed by atoms with Crippen LogP contribution in [0.15, 0.2) is 54.6 Å². The second kappa shape index (κ2) is 6.90. The van der Waals surface area contributed by atoms with Gasteiger partial charge in [-0.2, -0.15) is 15.6 Å². The summed E-state index contributed by atoms with van der Waals surface area (Å²) >= 11 is 0. The van der Waals surface area contributed by atoms with Gasteiger partial charge in [-0.1, -0.05) is 30.3 Å². The summed E-state index contributed by atoms with van der Waals surface area (Å²) in [6, 6.07) is 20.8. The zero-order valence-electron chi connectivity index (χ0n) is 14.1. The van der Waals surface area contributed by atoms with Crippen molar-refractivity contribution in [2.75, 3.05) is 4.90 Å². The molecule has 25 heavy (non-hydrogen) atoms. The van der Waals surface area contributed by atoms with Crippen molar-refractivity contribution in [2.45, 2.75) is 19.9 Å². The van der Waals surface area contributed by atoms with Gasteiger partial charge in [0.1, 0.15) is 6.04 Å². The van der Waals surface area contributed by atoms with Crippen molar-refractivity contribution < 1.29 is 0 Å². The van der Waals surface area contributed by atoms with E-state index in [1.165, 1.54) is 0 Å². The molecule has 1 aromatic heterocycles. The zero-order chi connectivity index (χ0) is 17.8. The Morgan fingerprint density at radius 3 is 2.40 bits per heavy atom. The van der Waals surface area contributed by atoms with Gasteiger partial charge >= 0.3 is 0 Å². The normalized spacial score (nSPS) is 11.4. The molecule has 0 radical (unpaired) electrons. The van der Waals surface area contributed by atoms with Gasteiger partial charge in [0.15, 0.2) is 0 Å². The van der Waals surface area contributed by atoms with E-state index in [0.29, 0.717) is 5.56 Å². The van der Waals surface area contributed by atoms with Gasteiger partial charge < -0.3 is 4.90 Å². The van der Waals surface area contributed by atoms with Crippen LogP contribution in [0, 0.1) is 36.5 Å². The number of para-hydroxylation sites is 1. The van der Waals surface area contributed by atoms with Crippen LogP contribution in [0.25, 0.3) is 0 Å². The van der Waals surface area contributed by atoms with Crippen LogP contribution in [0.4, 0.5) is 11.4 Å². The van der Waals surface area contributed by atoms with Crippen LogP contribution in [0.2, 0.25) is 0 Å². The zero-order valence-corrected chi connectivity index (χ0v) is 14.1. The van der Waals surface area contributed by atoms with Crippen LogP contribution in [0.5, 0.6) is 0 Å². The van der Waals surface area contributed by atoms with Gasteiger partial charge in [0, 0.05) is 5.69 Å². The highest BCUT2D eigenvalue weighted by molar-refractivity contribution is 5.70. The second-order valence-electron chi connectivity index (χ2n) is 5.76. The summed E-state index contributed by atoms with van der Waals surface area (Å²) in [4.78, 5) is 1.96. The van der Waals surface area contributed by atoms with Crippen molar-refractivity contribution in [2.24, 2.45) is 0 Å². The van der Waals surface area contributed by atoms with E-state index in [2.05, 4.69) is 22.3 Å². The van der Waals surface area contributed by atoms with Gasteiger partial charge in [0.2, 0.25) is 0 Å². The lowest BCUT2D eigenvalue weighted by molar-refractivity contribution is 0.857. The van der Waals surface area contributed by atoms with Crippen LogP contribution < -0.4 is 4.90 Å². The molecule has 0 bridgehead atoms. The van der Waals surface area contributed by atoms with Crippen LogP contribution in [0.1, 0.15) is 28.6 Å². The Morgan fingerprint density at radius 1 is 1.04 bits per heavy atom. The molecule has 1 unspecified atom stereocenters. The summed E-state index contributed by atoms with van der Waals surface area (Å²) in [6.07, 6.45) is 0. The summed E-state index contributed by atoms with van der Waals surface area (Å²) in [7, 11) is 0. The third kappa shape index (κ3) is 3.08. The largest absolute Gasteiger partial charge is 0.318 e. The molecule has 5 heteroatoms. The van der Waals surface area contributed by atoms with Crippen LogP contribution >= 0.6 is 0 Å². The highest BCUT2D eigenvalue weighted by Gasteiger charge is 2.26. The summed E-state index contributed by atoms with van der Waals surface area (Å²) in [5, 5.41) is 26.4. The number of benzene rings is 2. The molecule has 1 atom stereocenters. The van der Waals surface area contributed by atoms with Crippen molar-refractivity contribution in [3.63, 3.8) is 0 Å². The van der Waals surface area contributed by atoms with Crippen LogP contribution in [-0.4, -0.2) is 10.2 Å². The maximum Gasteiger partial charge on any atom is 0.147 e. The monoisotopic (exact) mass is 327 g/mol. The Labute approximate surface area is 146 Å². The SMILES string of the molecule is Cc1n[nH]c(C)c1N(c1ccccc1)C(C#N)c1cccc(C#N)c1. The number of hydrogen-bond acceptors (Lipinski definition) is 4. The fraction of sp³-hybridized carbons (Fsp3) is 0.150. The van der Waals surface area contributed by atoms with Gasteiger partial charge in [-0.25, -0.2) is 0 Å². The second-order valence-corrected chi connectivity index (χ2v) is 5.76. The molecular formula is C20H17N5. The van der Waals surface area contributed by atoms with Crippen molar-refractivity contribution in [3.05, 3.63) is 77.1 Å². The number of aromatic nitrogens is 2. The molecule has 0 aliphatic carbocycles. The van der Waals surface area contributed by atoms with E-state index in [9.17, 15) is 10.5 Å².